The summed E-state index contributed by atoms with van der Waals surface area (Å²) in [4.78, 5) is 10.5. The number of urea groups is 1. The number of hydrazone groups is 1. The molecule has 0 bridgehead atoms. The van der Waals surface area contributed by atoms with Crippen LogP contribution in [0.5, 0.6) is 5.75 Å². The van der Waals surface area contributed by atoms with E-state index >= 15 is 0 Å². The van der Waals surface area contributed by atoms with E-state index in [0.717, 1.165) is 5.56 Å². The third kappa shape index (κ3) is 3.73. The fourth-order valence-electron chi connectivity index (χ4n) is 1.32. The van der Waals surface area contributed by atoms with E-state index in [4.69, 9.17) is 5.73 Å². The van der Waals surface area contributed by atoms with Gasteiger partial charge in [-0.2, -0.15) is 5.10 Å². The number of phenols is 1. The molecule has 0 heterocycles. The van der Waals surface area contributed by atoms with Crippen LogP contribution in [-0.4, -0.2) is 17.4 Å². The van der Waals surface area contributed by atoms with Gasteiger partial charge in [-0.05, 0) is 39.0 Å². The number of carbonyl (C=O) groups excluding carboxylic acids is 1. The molecule has 5 nitrogen and oxygen atoms in total. The first-order valence-electron chi connectivity index (χ1n) is 5.33. The topological polar surface area (TPSA) is 87.7 Å². The van der Waals surface area contributed by atoms with Crippen molar-refractivity contribution in [1.29, 1.82) is 0 Å². The molecule has 0 atom stereocenters. The molecule has 0 unspecified atom stereocenters. The van der Waals surface area contributed by atoms with Gasteiger partial charge in [0.15, 0.2) is 0 Å². The summed E-state index contributed by atoms with van der Waals surface area (Å²) >= 11 is 3.29. The van der Waals surface area contributed by atoms with Crippen LogP contribution in [0.3, 0.4) is 0 Å². The average molecular weight is 314 g/mol. The van der Waals surface area contributed by atoms with Crippen molar-refractivity contribution < 1.29 is 9.90 Å². The fraction of sp³-hybridized carbons (Fsp3) is 0.333. The number of primary amides is 1. The molecular weight excluding hydrogens is 298 g/mol. The van der Waals surface area contributed by atoms with Crippen molar-refractivity contribution in [2.45, 2.75) is 26.2 Å². The Bertz CT molecular complexity index is 493. The molecule has 1 aromatic carbocycles. The summed E-state index contributed by atoms with van der Waals surface area (Å²) < 4.78 is 0.579. The summed E-state index contributed by atoms with van der Waals surface area (Å²) in [6.07, 6.45) is 1.35. The highest BCUT2D eigenvalue weighted by Crippen LogP contribution is 2.33. The minimum absolute atomic E-state index is 0.0596. The Balaban J connectivity index is 3.15. The van der Waals surface area contributed by atoms with Gasteiger partial charge in [0.2, 0.25) is 0 Å². The molecule has 6 heteroatoms. The number of rotatable bonds is 2. The van der Waals surface area contributed by atoms with Gasteiger partial charge in [-0.3, -0.25) is 0 Å². The largest absolute Gasteiger partial charge is 0.506 e. The summed E-state index contributed by atoms with van der Waals surface area (Å²) in [6, 6.07) is 2.91. The molecule has 2 amide bonds. The first-order chi connectivity index (χ1) is 8.21. The third-order valence-corrected chi connectivity index (χ3v) is 2.94. The second-order valence-electron chi connectivity index (χ2n) is 4.88. The number of nitrogens with zero attached hydrogens (tertiary/aromatic N) is 1. The van der Waals surface area contributed by atoms with Crippen LogP contribution < -0.4 is 11.2 Å². The van der Waals surface area contributed by atoms with Crippen LogP contribution >= 0.6 is 15.9 Å². The van der Waals surface area contributed by atoms with Gasteiger partial charge in [0.05, 0.1) is 10.7 Å². The van der Waals surface area contributed by atoms with Crippen molar-refractivity contribution in [1.82, 2.24) is 5.43 Å². The average Bonchev–Trinajstić information content (AvgIpc) is 2.22. The normalized spacial score (nSPS) is 11.8. The van der Waals surface area contributed by atoms with Crippen LogP contribution in [0.1, 0.15) is 31.9 Å². The van der Waals surface area contributed by atoms with E-state index in [0.29, 0.717) is 10.0 Å². The molecule has 0 aromatic heterocycles. The van der Waals surface area contributed by atoms with Crippen LogP contribution in [0.25, 0.3) is 0 Å². The Hall–Kier alpha value is -1.56. The maximum absolute atomic E-state index is 10.5. The Morgan fingerprint density at radius 3 is 2.61 bits per heavy atom. The highest BCUT2D eigenvalue weighted by molar-refractivity contribution is 9.10. The van der Waals surface area contributed by atoms with Gasteiger partial charge in [0.25, 0.3) is 0 Å². The van der Waals surface area contributed by atoms with E-state index in [9.17, 15) is 9.90 Å². The number of hydrogen-bond donors (Lipinski definition) is 3. The first-order valence-corrected chi connectivity index (χ1v) is 6.12. The van der Waals surface area contributed by atoms with Crippen molar-refractivity contribution in [3.63, 3.8) is 0 Å². The number of carbonyl (C=O) groups is 1. The molecule has 0 aliphatic carbocycles. The highest BCUT2D eigenvalue weighted by atomic mass is 79.9. The van der Waals surface area contributed by atoms with Crippen LogP contribution in [0.15, 0.2) is 21.7 Å². The van der Waals surface area contributed by atoms with Gasteiger partial charge < -0.3 is 10.8 Å². The Kier molecular flexibility index (Phi) is 4.34. The van der Waals surface area contributed by atoms with Crippen LogP contribution in [-0.2, 0) is 5.41 Å². The molecule has 1 aromatic rings. The fourth-order valence-corrected chi connectivity index (χ4v) is 1.79. The lowest BCUT2D eigenvalue weighted by Gasteiger charge is -2.20. The minimum atomic E-state index is -0.753. The van der Waals surface area contributed by atoms with Crippen molar-refractivity contribution in [2.75, 3.05) is 0 Å². The number of amides is 2. The maximum atomic E-state index is 10.5. The third-order valence-electron chi connectivity index (χ3n) is 2.34. The molecule has 0 saturated heterocycles. The molecule has 0 aliphatic heterocycles. The predicted octanol–water partition coefficient (Wildman–Crippen LogP) is 2.45. The van der Waals surface area contributed by atoms with Gasteiger partial charge in [-0.15, -0.1) is 0 Å². The number of nitrogens with one attached hydrogen (secondary N) is 1. The molecule has 98 valence electrons. The maximum Gasteiger partial charge on any atom is 0.332 e. The van der Waals surface area contributed by atoms with Crippen molar-refractivity contribution in [3.8, 4) is 5.75 Å². The van der Waals surface area contributed by atoms with Gasteiger partial charge in [0.1, 0.15) is 5.75 Å². The van der Waals surface area contributed by atoms with E-state index in [2.05, 4.69) is 47.2 Å². The van der Waals surface area contributed by atoms with Crippen LogP contribution in [0, 0.1) is 0 Å². The summed E-state index contributed by atoms with van der Waals surface area (Å²) in [7, 11) is 0. The number of benzene rings is 1. The Morgan fingerprint density at radius 2 is 2.11 bits per heavy atom. The predicted molar refractivity (Wildman–Crippen MR) is 74.8 cm³/mol. The summed E-state index contributed by atoms with van der Waals surface area (Å²) in [6.45, 7) is 6.19. The Labute approximate surface area is 114 Å². The highest BCUT2D eigenvalue weighted by Gasteiger charge is 2.17. The minimum Gasteiger partial charge on any atom is -0.506 e. The summed E-state index contributed by atoms with van der Waals surface area (Å²) in [5.74, 6) is 0.0676. The van der Waals surface area contributed by atoms with Gasteiger partial charge in [0, 0.05) is 5.56 Å². The lowest BCUT2D eigenvalue weighted by atomic mass is 9.86. The molecule has 0 saturated carbocycles. The molecule has 0 fully saturated rings. The van der Waals surface area contributed by atoms with E-state index < -0.39 is 6.03 Å². The van der Waals surface area contributed by atoms with Gasteiger partial charge in [-0.1, -0.05) is 20.8 Å². The number of phenolic OH excluding ortho intramolecular Hbond substituents is 1. The van der Waals surface area contributed by atoms with E-state index in [1.165, 1.54) is 6.21 Å². The van der Waals surface area contributed by atoms with E-state index in [1.54, 1.807) is 0 Å². The number of aromatic hydroxyl groups is 1. The molecule has 0 spiro atoms. The summed E-state index contributed by atoms with van der Waals surface area (Å²) in [5, 5.41) is 13.5. The second-order valence-corrected chi connectivity index (χ2v) is 5.73. The number of halogens is 1. The smallest absolute Gasteiger partial charge is 0.332 e. The van der Waals surface area contributed by atoms with Crippen molar-refractivity contribution in [2.24, 2.45) is 10.8 Å². The number of nitrogens with two attached hydrogens (primary N) is 1. The second kappa shape index (κ2) is 5.39. The lowest BCUT2D eigenvalue weighted by molar-refractivity contribution is 0.249. The zero-order valence-electron chi connectivity index (χ0n) is 10.5. The van der Waals surface area contributed by atoms with E-state index in [1.807, 2.05) is 12.1 Å². The summed E-state index contributed by atoms with van der Waals surface area (Å²) in [5.41, 5.74) is 8.45. The Morgan fingerprint density at radius 1 is 1.50 bits per heavy atom. The SMILES string of the molecule is CC(C)(C)c1cc(Br)c(O)c(C=NNC(N)=O)c1. The quantitative estimate of drug-likeness (QED) is 0.578. The van der Waals surface area contributed by atoms with Gasteiger partial charge >= 0.3 is 6.03 Å². The van der Waals surface area contributed by atoms with Gasteiger partial charge in [-0.25, -0.2) is 10.2 Å². The molecular formula is C12H16BrN3O2. The number of hydrogen-bond acceptors (Lipinski definition) is 3. The molecule has 18 heavy (non-hydrogen) atoms. The monoisotopic (exact) mass is 313 g/mol. The molecule has 0 radical (unpaired) electrons. The van der Waals surface area contributed by atoms with Crippen molar-refractivity contribution >= 4 is 28.2 Å². The zero-order valence-corrected chi connectivity index (χ0v) is 12.1. The zero-order chi connectivity index (χ0) is 13.9. The molecule has 1 rings (SSSR count). The van der Waals surface area contributed by atoms with Crippen LogP contribution in [0.4, 0.5) is 4.79 Å². The van der Waals surface area contributed by atoms with Crippen LogP contribution in [0.2, 0.25) is 0 Å². The van der Waals surface area contributed by atoms with E-state index in [-0.39, 0.29) is 11.2 Å². The molecule has 4 N–H and O–H groups in total. The van der Waals surface area contributed by atoms with Crippen molar-refractivity contribution in [3.05, 3.63) is 27.7 Å². The standard InChI is InChI=1S/C12H16BrN3O2/c1-12(2,3)8-4-7(6-15-16-11(14)18)10(17)9(13)5-8/h4-6,17H,1-3H3,(H3,14,16,18). The lowest BCUT2D eigenvalue weighted by Crippen LogP contribution is -2.24. The first kappa shape index (κ1) is 14.5. The molecule has 0 aliphatic rings.